The zero-order valence-electron chi connectivity index (χ0n) is 33.3. The number of para-hydroxylation sites is 1. The van der Waals surface area contributed by atoms with E-state index in [9.17, 15) is 4.79 Å². The number of carbonyl (C=O) groups excluding carboxylic acids is 1. The predicted molar refractivity (Wildman–Crippen MR) is 228 cm³/mol. The molecule has 0 bridgehead atoms. The summed E-state index contributed by atoms with van der Waals surface area (Å²) in [5, 5.41) is 0. The van der Waals surface area contributed by atoms with Crippen LogP contribution in [0.3, 0.4) is 0 Å². The molecule has 7 aromatic carbocycles. The molecule has 0 radical (unpaired) electrons. The van der Waals surface area contributed by atoms with Gasteiger partial charge in [0.25, 0.3) is 0 Å². The highest BCUT2D eigenvalue weighted by atomic mass is 16.7. The van der Waals surface area contributed by atoms with Gasteiger partial charge in [-0.1, -0.05) is 170 Å². The largest absolute Gasteiger partial charge is 0.485 e. The number of hydrogen-bond donors (Lipinski definition) is 0. The van der Waals surface area contributed by atoms with Gasteiger partial charge in [-0.25, -0.2) is 4.79 Å². The predicted octanol–water partition coefficient (Wildman–Crippen LogP) is 10.9. The Bertz CT molecular complexity index is 2370. The fraction of sp³-hybridized carbons (Fsp3) is 0.173. The van der Waals surface area contributed by atoms with Crippen LogP contribution in [-0.2, 0) is 56.0 Å². The number of esters is 1. The Balaban J connectivity index is 1.25. The van der Waals surface area contributed by atoms with Crippen molar-refractivity contribution in [3.8, 4) is 17.2 Å². The van der Waals surface area contributed by atoms with Crippen molar-refractivity contribution in [2.45, 2.75) is 50.5 Å². The number of carbonyl (C=O) groups is 1. The van der Waals surface area contributed by atoms with Crippen molar-refractivity contribution in [2.24, 2.45) is 0 Å². The molecule has 8 nitrogen and oxygen atoms in total. The molecule has 302 valence electrons. The topological polar surface area (TPSA) is 81.7 Å². The van der Waals surface area contributed by atoms with Crippen LogP contribution in [0.1, 0.15) is 51.2 Å². The SMILES string of the molecule is COC(C(=O)OC1C(c2ccc(OCc3ccccc3)c(OCc3ccccc3)c2)Oc2ccccc2C1(OCc1ccccc1)OCc1ccccc1)c1ccccc1. The van der Waals surface area contributed by atoms with Crippen molar-refractivity contribution < 1.29 is 38.0 Å². The maximum Gasteiger partial charge on any atom is 0.340 e. The number of rotatable bonds is 17. The number of hydrogen-bond acceptors (Lipinski definition) is 8. The number of fused-ring (bicyclic) bond motifs is 1. The van der Waals surface area contributed by atoms with Gasteiger partial charge < -0.3 is 33.2 Å². The molecular weight excluding hydrogens is 753 g/mol. The van der Waals surface area contributed by atoms with E-state index in [1.165, 1.54) is 7.11 Å². The fourth-order valence-electron chi connectivity index (χ4n) is 7.27. The van der Waals surface area contributed by atoms with Crippen molar-refractivity contribution in [1.82, 2.24) is 0 Å². The van der Waals surface area contributed by atoms with Crippen LogP contribution in [0.5, 0.6) is 17.2 Å². The first-order chi connectivity index (χ1) is 29.6. The smallest absolute Gasteiger partial charge is 0.340 e. The van der Waals surface area contributed by atoms with Crippen LogP contribution < -0.4 is 14.2 Å². The molecule has 0 fully saturated rings. The Kier molecular flexibility index (Phi) is 12.9. The molecule has 0 amide bonds. The lowest BCUT2D eigenvalue weighted by Crippen LogP contribution is -2.54. The van der Waals surface area contributed by atoms with Crippen molar-refractivity contribution in [2.75, 3.05) is 7.11 Å². The van der Waals surface area contributed by atoms with Crippen LogP contribution >= 0.6 is 0 Å². The molecule has 1 heterocycles. The van der Waals surface area contributed by atoms with Crippen LogP contribution in [-0.4, -0.2) is 19.2 Å². The number of ether oxygens (including phenoxy) is 7. The monoisotopic (exact) mass is 798 g/mol. The zero-order chi connectivity index (χ0) is 41.0. The van der Waals surface area contributed by atoms with Gasteiger partial charge in [-0.2, -0.15) is 0 Å². The Hall–Kier alpha value is -6.71. The average Bonchev–Trinajstić information content (AvgIpc) is 3.31. The standard InChI is InChI=1S/C52H46O8/c1-54-49(42-27-15-6-16-28-42)51(53)60-50-48(43-31-32-46(55-34-38-19-7-2-8-20-38)47(33-43)56-35-39-21-9-3-10-22-39)59-45-30-18-17-29-44(45)52(50,57-36-40-23-11-4-12-24-40)58-37-41-25-13-5-14-26-41/h2-33,48-50H,34-37H2,1H3. The van der Waals surface area contributed by atoms with E-state index in [0.29, 0.717) is 40.5 Å². The minimum absolute atomic E-state index is 0.134. The van der Waals surface area contributed by atoms with Crippen molar-refractivity contribution in [3.05, 3.63) is 233 Å². The van der Waals surface area contributed by atoms with Gasteiger partial charge in [-0.05, 0) is 52.1 Å². The number of benzene rings is 7. The van der Waals surface area contributed by atoms with E-state index in [2.05, 4.69) is 0 Å². The highest BCUT2D eigenvalue weighted by Crippen LogP contribution is 2.51. The van der Waals surface area contributed by atoms with Gasteiger partial charge >= 0.3 is 5.97 Å². The fourth-order valence-corrected chi connectivity index (χ4v) is 7.27. The third-order valence-corrected chi connectivity index (χ3v) is 10.3. The van der Waals surface area contributed by atoms with Crippen molar-refractivity contribution in [3.63, 3.8) is 0 Å². The third kappa shape index (κ3) is 9.43. The van der Waals surface area contributed by atoms with E-state index in [0.717, 1.165) is 22.3 Å². The first-order valence-electron chi connectivity index (χ1n) is 20.0. The lowest BCUT2D eigenvalue weighted by molar-refractivity contribution is -0.329. The van der Waals surface area contributed by atoms with Gasteiger partial charge in [-0.15, -0.1) is 0 Å². The summed E-state index contributed by atoms with van der Waals surface area (Å²) < 4.78 is 46.5. The lowest BCUT2D eigenvalue weighted by Gasteiger charge is -2.47. The highest BCUT2D eigenvalue weighted by molar-refractivity contribution is 5.77. The summed E-state index contributed by atoms with van der Waals surface area (Å²) in [5.41, 5.74) is 5.65. The van der Waals surface area contributed by atoms with Crippen LogP contribution in [0.2, 0.25) is 0 Å². The van der Waals surface area contributed by atoms with E-state index < -0.39 is 30.1 Å². The molecule has 0 spiro atoms. The Morgan fingerprint density at radius 3 is 1.55 bits per heavy atom. The van der Waals surface area contributed by atoms with Crippen molar-refractivity contribution >= 4 is 5.97 Å². The van der Waals surface area contributed by atoms with Crippen molar-refractivity contribution in [1.29, 1.82) is 0 Å². The Labute approximate surface area is 350 Å². The van der Waals surface area contributed by atoms with Gasteiger partial charge in [-0.3, -0.25) is 0 Å². The molecule has 8 rings (SSSR count). The van der Waals surface area contributed by atoms with E-state index >= 15 is 0 Å². The Morgan fingerprint density at radius 2 is 1.02 bits per heavy atom. The summed E-state index contributed by atoms with van der Waals surface area (Å²) >= 11 is 0. The van der Waals surface area contributed by atoms with Crippen LogP contribution in [0, 0.1) is 0 Å². The molecule has 7 aromatic rings. The quantitative estimate of drug-likeness (QED) is 0.0665. The average molecular weight is 799 g/mol. The summed E-state index contributed by atoms with van der Waals surface area (Å²) in [6.07, 6.45) is -3.24. The highest BCUT2D eigenvalue weighted by Gasteiger charge is 2.56. The summed E-state index contributed by atoms with van der Waals surface area (Å²) in [6, 6.07) is 62.0. The second kappa shape index (κ2) is 19.4. The van der Waals surface area contributed by atoms with E-state index in [-0.39, 0.29) is 19.8 Å². The molecule has 1 aliphatic heterocycles. The second-order valence-electron chi connectivity index (χ2n) is 14.4. The summed E-state index contributed by atoms with van der Waals surface area (Å²) in [4.78, 5) is 14.6. The minimum atomic E-state index is -1.69. The van der Waals surface area contributed by atoms with E-state index in [4.69, 9.17) is 33.2 Å². The molecule has 0 saturated heterocycles. The molecule has 1 aliphatic rings. The van der Waals surface area contributed by atoms with E-state index in [1.807, 2.05) is 194 Å². The molecule has 3 atom stereocenters. The number of methoxy groups -OCH3 is 1. The van der Waals surface area contributed by atoms with E-state index in [1.54, 1.807) is 0 Å². The van der Waals surface area contributed by atoms with Gasteiger partial charge in [0.2, 0.25) is 11.9 Å². The summed E-state index contributed by atoms with van der Waals surface area (Å²) in [5.74, 6) is -0.790. The zero-order valence-corrected chi connectivity index (χ0v) is 33.3. The summed E-state index contributed by atoms with van der Waals surface area (Å²) in [7, 11) is 1.48. The molecule has 0 N–H and O–H groups in total. The second-order valence-corrected chi connectivity index (χ2v) is 14.4. The first kappa shape index (κ1) is 40.1. The van der Waals surface area contributed by atoms with Gasteiger partial charge in [0.15, 0.2) is 23.7 Å². The maximum absolute atomic E-state index is 14.6. The minimum Gasteiger partial charge on any atom is -0.485 e. The van der Waals surface area contributed by atoms with Crippen LogP contribution in [0.15, 0.2) is 194 Å². The molecule has 0 saturated carbocycles. The van der Waals surface area contributed by atoms with Crippen LogP contribution in [0.25, 0.3) is 0 Å². The van der Waals surface area contributed by atoms with Gasteiger partial charge in [0.1, 0.15) is 19.0 Å². The third-order valence-electron chi connectivity index (χ3n) is 10.3. The van der Waals surface area contributed by atoms with Gasteiger partial charge in [0.05, 0.1) is 18.8 Å². The van der Waals surface area contributed by atoms with Gasteiger partial charge in [0, 0.05) is 12.7 Å². The molecule has 0 aliphatic carbocycles. The maximum atomic E-state index is 14.6. The molecule has 60 heavy (non-hydrogen) atoms. The molecule has 3 unspecified atom stereocenters. The Morgan fingerprint density at radius 1 is 0.550 bits per heavy atom. The lowest BCUT2D eigenvalue weighted by atomic mass is 9.88. The first-order valence-corrected chi connectivity index (χ1v) is 20.0. The normalized spacial score (nSPS) is 15.8. The summed E-state index contributed by atoms with van der Waals surface area (Å²) in [6.45, 7) is 0.885. The molecule has 8 heteroatoms. The molecular formula is C52H46O8. The molecule has 0 aromatic heterocycles. The van der Waals surface area contributed by atoms with Crippen LogP contribution in [0.4, 0.5) is 0 Å².